The first-order valence-corrected chi connectivity index (χ1v) is 10.7. The molecule has 1 aliphatic rings. The third-order valence-corrected chi connectivity index (χ3v) is 5.50. The lowest BCUT2D eigenvalue weighted by Gasteiger charge is -2.31. The number of piperidine rings is 1. The lowest BCUT2D eigenvalue weighted by atomic mass is 10.1. The number of nitrogens with zero attached hydrogens (tertiary/aromatic N) is 2. The molecule has 0 aliphatic carbocycles. The number of likely N-dealkylation sites (tertiary alicyclic amines) is 1. The zero-order valence-electron chi connectivity index (χ0n) is 17.1. The number of nitrogens with two attached hydrogens (primary N) is 1. The number of aliphatic hydroxyl groups excluding tert-OH is 1. The van der Waals surface area contributed by atoms with E-state index in [9.17, 15) is 5.11 Å². The van der Waals surface area contributed by atoms with Crippen LogP contribution in [-0.4, -0.2) is 60.3 Å². The van der Waals surface area contributed by atoms with Crippen molar-refractivity contribution in [1.29, 1.82) is 0 Å². The predicted octanol–water partition coefficient (Wildman–Crippen LogP) is 3.13. The number of β-amino-alcohol motifs (C(OH)–C–C–N with tert-alkyl or cyclic N) is 1. The molecule has 3 N–H and O–H groups in total. The molecule has 1 saturated heterocycles. The molecule has 1 unspecified atom stereocenters. The summed E-state index contributed by atoms with van der Waals surface area (Å²) in [5.41, 5.74) is 8.34. The normalized spacial score (nSPS) is 16.9. The van der Waals surface area contributed by atoms with Gasteiger partial charge >= 0.3 is 0 Å². The van der Waals surface area contributed by atoms with E-state index in [-0.39, 0.29) is 0 Å². The fourth-order valence-electron chi connectivity index (χ4n) is 3.68. The highest BCUT2D eigenvalue weighted by atomic mass is 35.5. The molecule has 5 nitrogen and oxygen atoms in total. The molecule has 2 aromatic carbocycles. The molecule has 0 amide bonds. The first-order chi connectivity index (χ1) is 14.0. The smallest absolute Gasteiger partial charge is 0.119 e. The van der Waals surface area contributed by atoms with Crippen LogP contribution in [0, 0.1) is 0 Å². The van der Waals surface area contributed by atoms with E-state index < -0.39 is 6.10 Å². The first kappa shape index (κ1) is 22.1. The van der Waals surface area contributed by atoms with Crippen LogP contribution >= 0.6 is 11.6 Å². The van der Waals surface area contributed by atoms with E-state index in [1.165, 1.54) is 11.1 Å². The number of hydrogen-bond acceptors (Lipinski definition) is 5. The summed E-state index contributed by atoms with van der Waals surface area (Å²) in [6, 6.07) is 16.3. The van der Waals surface area contributed by atoms with Crippen molar-refractivity contribution in [1.82, 2.24) is 9.80 Å². The fourth-order valence-corrected chi connectivity index (χ4v) is 3.90. The number of ether oxygens (including phenoxy) is 1. The summed E-state index contributed by atoms with van der Waals surface area (Å²) in [7, 11) is 2.09. The van der Waals surface area contributed by atoms with Crippen molar-refractivity contribution < 1.29 is 9.84 Å². The standard InChI is InChI=1S/C23H32ClN3O2/c1-26(15-19-3-2-4-20(24)13-19)14-18-5-7-23(8-6-18)29-17-22(28)16-27-11-9-21(25)10-12-27/h2-8,13,21-22,28H,9-12,14-17,25H2,1H3. The van der Waals surface area contributed by atoms with E-state index in [1.54, 1.807) is 0 Å². The van der Waals surface area contributed by atoms with E-state index in [0.717, 1.165) is 49.8 Å². The minimum Gasteiger partial charge on any atom is -0.491 e. The lowest BCUT2D eigenvalue weighted by molar-refractivity contribution is 0.0597. The Morgan fingerprint density at radius 2 is 1.83 bits per heavy atom. The highest BCUT2D eigenvalue weighted by Crippen LogP contribution is 2.16. The summed E-state index contributed by atoms with van der Waals surface area (Å²) in [5, 5.41) is 11.0. The number of halogens is 1. The van der Waals surface area contributed by atoms with E-state index in [0.29, 0.717) is 19.2 Å². The van der Waals surface area contributed by atoms with Gasteiger partial charge in [-0.3, -0.25) is 4.90 Å². The molecule has 1 heterocycles. The van der Waals surface area contributed by atoms with Crippen molar-refractivity contribution in [2.24, 2.45) is 5.73 Å². The molecule has 29 heavy (non-hydrogen) atoms. The van der Waals surface area contributed by atoms with Crippen LogP contribution in [-0.2, 0) is 13.1 Å². The third kappa shape index (κ3) is 7.61. The Bertz CT molecular complexity index is 748. The maximum absolute atomic E-state index is 10.2. The predicted molar refractivity (Wildman–Crippen MR) is 118 cm³/mol. The van der Waals surface area contributed by atoms with Crippen LogP contribution in [0.2, 0.25) is 5.02 Å². The van der Waals surface area contributed by atoms with Gasteiger partial charge in [0.05, 0.1) is 0 Å². The molecule has 1 fully saturated rings. The van der Waals surface area contributed by atoms with Gasteiger partial charge in [-0.15, -0.1) is 0 Å². The first-order valence-electron chi connectivity index (χ1n) is 10.3. The maximum atomic E-state index is 10.2. The molecule has 158 valence electrons. The fraction of sp³-hybridized carbons (Fsp3) is 0.478. The van der Waals surface area contributed by atoms with E-state index in [2.05, 4.69) is 35.0 Å². The third-order valence-electron chi connectivity index (χ3n) is 5.26. The van der Waals surface area contributed by atoms with Crippen LogP contribution in [0.3, 0.4) is 0 Å². The average molecular weight is 418 g/mol. The molecule has 1 atom stereocenters. The van der Waals surface area contributed by atoms with Gasteiger partial charge in [0.1, 0.15) is 18.5 Å². The Morgan fingerprint density at radius 1 is 1.14 bits per heavy atom. The molecule has 0 radical (unpaired) electrons. The molecule has 0 aromatic heterocycles. The number of aliphatic hydroxyl groups is 1. The number of rotatable bonds is 9. The summed E-state index contributed by atoms with van der Waals surface area (Å²) < 4.78 is 5.77. The van der Waals surface area contributed by atoms with Crippen molar-refractivity contribution in [3.63, 3.8) is 0 Å². The highest BCUT2D eigenvalue weighted by molar-refractivity contribution is 6.30. The van der Waals surface area contributed by atoms with E-state index in [1.807, 2.05) is 30.3 Å². The van der Waals surface area contributed by atoms with Gasteiger partial charge in [-0.2, -0.15) is 0 Å². The second kappa shape index (κ2) is 11.0. The van der Waals surface area contributed by atoms with Crippen LogP contribution in [0.4, 0.5) is 0 Å². The molecular formula is C23H32ClN3O2. The van der Waals surface area contributed by atoms with Crippen molar-refractivity contribution in [2.45, 2.75) is 38.1 Å². The van der Waals surface area contributed by atoms with E-state index in [4.69, 9.17) is 22.1 Å². The zero-order valence-corrected chi connectivity index (χ0v) is 17.9. The van der Waals surface area contributed by atoms with Crippen LogP contribution in [0.1, 0.15) is 24.0 Å². The Morgan fingerprint density at radius 3 is 2.52 bits per heavy atom. The molecule has 0 saturated carbocycles. The van der Waals surface area contributed by atoms with Crippen molar-refractivity contribution in [3.05, 3.63) is 64.7 Å². The lowest BCUT2D eigenvalue weighted by Crippen LogP contribution is -2.44. The summed E-state index contributed by atoms with van der Waals surface area (Å²) in [6.07, 6.45) is 1.51. The second-order valence-electron chi connectivity index (χ2n) is 8.05. The minimum absolute atomic E-state index is 0.302. The summed E-state index contributed by atoms with van der Waals surface area (Å²) in [5.74, 6) is 0.783. The molecule has 0 spiro atoms. The largest absolute Gasteiger partial charge is 0.491 e. The molecular weight excluding hydrogens is 386 g/mol. The topological polar surface area (TPSA) is 62.0 Å². The number of hydrogen-bond donors (Lipinski definition) is 2. The van der Waals surface area contributed by atoms with Gasteiger partial charge in [0.25, 0.3) is 0 Å². The van der Waals surface area contributed by atoms with Gasteiger partial charge < -0.3 is 20.5 Å². The Kier molecular flexibility index (Phi) is 8.33. The van der Waals surface area contributed by atoms with Gasteiger partial charge in [-0.1, -0.05) is 35.9 Å². The molecule has 3 rings (SSSR count). The van der Waals surface area contributed by atoms with Gasteiger partial charge in [-0.25, -0.2) is 0 Å². The van der Waals surface area contributed by atoms with Gasteiger partial charge in [0, 0.05) is 30.7 Å². The zero-order chi connectivity index (χ0) is 20.6. The van der Waals surface area contributed by atoms with Crippen LogP contribution < -0.4 is 10.5 Å². The second-order valence-corrected chi connectivity index (χ2v) is 8.49. The van der Waals surface area contributed by atoms with Crippen molar-refractivity contribution in [3.8, 4) is 5.75 Å². The van der Waals surface area contributed by atoms with Gasteiger partial charge in [-0.05, 0) is 68.4 Å². The van der Waals surface area contributed by atoms with E-state index >= 15 is 0 Å². The van der Waals surface area contributed by atoms with Crippen molar-refractivity contribution in [2.75, 3.05) is 33.3 Å². The Balaban J connectivity index is 1.40. The number of benzene rings is 2. The van der Waals surface area contributed by atoms with Crippen molar-refractivity contribution >= 4 is 11.6 Å². The van der Waals surface area contributed by atoms with Gasteiger partial charge in [0.15, 0.2) is 0 Å². The Hall–Kier alpha value is -1.63. The summed E-state index contributed by atoms with van der Waals surface area (Å²) in [4.78, 5) is 4.51. The van der Waals surface area contributed by atoms with Crippen LogP contribution in [0.15, 0.2) is 48.5 Å². The van der Waals surface area contributed by atoms with Crippen LogP contribution in [0.25, 0.3) is 0 Å². The highest BCUT2D eigenvalue weighted by Gasteiger charge is 2.18. The monoisotopic (exact) mass is 417 g/mol. The molecule has 1 aliphatic heterocycles. The SMILES string of the molecule is CN(Cc1ccc(OCC(O)CN2CCC(N)CC2)cc1)Cc1cccc(Cl)c1. The Labute approximate surface area is 179 Å². The van der Waals surface area contributed by atoms with Crippen LogP contribution in [0.5, 0.6) is 5.75 Å². The molecule has 2 aromatic rings. The minimum atomic E-state index is -0.493. The molecule has 6 heteroatoms. The summed E-state index contributed by atoms with van der Waals surface area (Å²) >= 11 is 6.06. The van der Waals surface area contributed by atoms with Gasteiger partial charge in [0.2, 0.25) is 0 Å². The summed E-state index contributed by atoms with van der Waals surface area (Å²) in [6.45, 7) is 4.53. The molecule has 0 bridgehead atoms. The maximum Gasteiger partial charge on any atom is 0.119 e. The quantitative estimate of drug-likeness (QED) is 0.656. The average Bonchev–Trinajstić information content (AvgIpc) is 2.69.